The van der Waals surface area contributed by atoms with Gasteiger partial charge in [0.2, 0.25) is 11.8 Å². The van der Waals surface area contributed by atoms with Gasteiger partial charge in [0.25, 0.3) is 0 Å². The van der Waals surface area contributed by atoms with Crippen LogP contribution in [0.4, 0.5) is 10.1 Å². The second-order valence-corrected chi connectivity index (χ2v) is 7.50. The Labute approximate surface area is 194 Å². The zero-order chi connectivity index (χ0) is 22.9. The van der Waals surface area contributed by atoms with Crippen molar-refractivity contribution >= 4 is 46.9 Å². The number of nitrogens with one attached hydrogen (secondary N) is 2. The van der Waals surface area contributed by atoms with Gasteiger partial charge in [-0.3, -0.25) is 9.59 Å². The lowest BCUT2D eigenvalue weighted by Gasteiger charge is -2.10. The molecule has 0 atom stereocenters. The number of carbonyl (C=O) groups excluding carboxylic acids is 2. The molecule has 3 aromatic carbocycles. The molecule has 2 amide bonds. The van der Waals surface area contributed by atoms with Crippen molar-refractivity contribution in [3.63, 3.8) is 0 Å². The van der Waals surface area contributed by atoms with Crippen LogP contribution in [0.25, 0.3) is 0 Å². The Hall–Kier alpha value is -3.42. The smallest absolute Gasteiger partial charge is 0.249 e. The maximum Gasteiger partial charge on any atom is 0.249 e. The van der Waals surface area contributed by atoms with Crippen molar-refractivity contribution in [1.82, 2.24) is 5.43 Å². The van der Waals surface area contributed by atoms with Crippen molar-refractivity contribution in [2.24, 2.45) is 5.10 Å². The standard InChI is InChI=1S/C23H18Cl2FN3O3/c24-17-3-1-2-15(10-17)14-32-21-9-4-18(25)11-16(21)13-27-29-23(31)12-22(30)28-20-7-5-19(26)6-8-20/h1-11,13H,12,14H2,(H,28,30)(H,29,31). The summed E-state index contributed by atoms with van der Waals surface area (Å²) in [4.78, 5) is 23.9. The van der Waals surface area contributed by atoms with E-state index >= 15 is 0 Å². The number of ether oxygens (including phenoxy) is 1. The number of carbonyl (C=O) groups is 2. The van der Waals surface area contributed by atoms with E-state index in [-0.39, 0.29) is 6.61 Å². The van der Waals surface area contributed by atoms with Crippen LogP contribution >= 0.6 is 23.2 Å². The van der Waals surface area contributed by atoms with Gasteiger partial charge in [-0.15, -0.1) is 0 Å². The zero-order valence-electron chi connectivity index (χ0n) is 16.6. The summed E-state index contributed by atoms with van der Waals surface area (Å²) < 4.78 is 18.7. The molecule has 0 unspecified atom stereocenters. The van der Waals surface area contributed by atoms with Crippen molar-refractivity contribution in [1.29, 1.82) is 0 Å². The molecule has 0 aliphatic rings. The van der Waals surface area contributed by atoms with E-state index in [4.69, 9.17) is 27.9 Å². The van der Waals surface area contributed by atoms with Crippen LogP contribution in [0.5, 0.6) is 5.75 Å². The first kappa shape index (κ1) is 23.2. The normalized spacial score (nSPS) is 10.7. The lowest BCUT2D eigenvalue weighted by Crippen LogP contribution is -2.24. The molecule has 0 saturated carbocycles. The number of hydrogen-bond donors (Lipinski definition) is 2. The molecule has 9 heteroatoms. The first-order valence-corrected chi connectivity index (χ1v) is 10.2. The monoisotopic (exact) mass is 473 g/mol. The molecular weight excluding hydrogens is 456 g/mol. The van der Waals surface area contributed by atoms with Crippen LogP contribution in [0.3, 0.4) is 0 Å². The summed E-state index contributed by atoms with van der Waals surface area (Å²) in [6.45, 7) is 0.277. The molecule has 0 heterocycles. The number of amides is 2. The van der Waals surface area contributed by atoms with Gasteiger partial charge in [0.1, 0.15) is 24.6 Å². The fraction of sp³-hybridized carbons (Fsp3) is 0.0870. The van der Waals surface area contributed by atoms with Crippen molar-refractivity contribution < 1.29 is 18.7 Å². The summed E-state index contributed by atoms with van der Waals surface area (Å²) in [5.74, 6) is -1.10. The first-order valence-electron chi connectivity index (χ1n) is 9.43. The molecule has 0 aromatic heterocycles. The summed E-state index contributed by atoms with van der Waals surface area (Å²) in [5, 5.41) is 7.44. The highest BCUT2D eigenvalue weighted by molar-refractivity contribution is 6.31. The highest BCUT2D eigenvalue weighted by Crippen LogP contribution is 2.23. The highest BCUT2D eigenvalue weighted by Gasteiger charge is 2.10. The second kappa shape index (κ2) is 11.3. The maximum atomic E-state index is 12.9. The number of halogens is 3. The minimum Gasteiger partial charge on any atom is -0.488 e. The van der Waals surface area contributed by atoms with Gasteiger partial charge < -0.3 is 10.1 Å². The van der Waals surface area contributed by atoms with Gasteiger partial charge in [0.05, 0.1) is 6.21 Å². The van der Waals surface area contributed by atoms with Crippen LogP contribution < -0.4 is 15.5 Å². The molecular formula is C23H18Cl2FN3O3. The third-order valence-corrected chi connectivity index (χ3v) is 4.57. The van der Waals surface area contributed by atoms with Crippen LogP contribution in [0.15, 0.2) is 71.8 Å². The van der Waals surface area contributed by atoms with E-state index in [1.807, 2.05) is 12.1 Å². The first-order chi connectivity index (χ1) is 15.4. The van der Waals surface area contributed by atoms with Gasteiger partial charge in [-0.1, -0.05) is 35.3 Å². The summed E-state index contributed by atoms with van der Waals surface area (Å²) in [6, 6.07) is 17.5. The van der Waals surface area contributed by atoms with Crippen molar-refractivity contribution in [3.8, 4) is 5.75 Å². The van der Waals surface area contributed by atoms with Crippen molar-refractivity contribution in [3.05, 3.63) is 93.7 Å². The molecule has 0 bridgehead atoms. The van der Waals surface area contributed by atoms with E-state index < -0.39 is 24.1 Å². The second-order valence-electron chi connectivity index (χ2n) is 6.63. The molecule has 2 N–H and O–H groups in total. The minimum absolute atomic E-state index is 0.277. The Bertz CT molecular complexity index is 1140. The number of benzene rings is 3. The van der Waals surface area contributed by atoms with Crippen molar-refractivity contribution in [2.75, 3.05) is 5.32 Å². The Morgan fingerprint density at radius 1 is 0.969 bits per heavy atom. The Balaban J connectivity index is 1.55. The lowest BCUT2D eigenvalue weighted by molar-refractivity contribution is -0.126. The average Bonchev–Trinajstić information content (AvgIpc) is 2.75. The fourth-order valence-corrected chi connectivity index (χ4v) is 3.03. The predicted molar refractivity (Wildman–Crippen MR) is 123 cm³/mol. The van der Waals surface area contributed by atoms with Gasteiger partial charge in [-0.2, -0.15) is 5.10 Å². The van der Waals surface area contributed by atoms with Crippen LogP contribution in [0.1, 0.15) is 17.5 Å². The molecule has 0 spiro atoms. The number of anilines is 1. The Morgan fingerprint density at radius 2 is 1.72 bits per heavy atom. The molecule has 0 aliphatic heterocycles. The van der Waals surface area contributed by atoms with Crippen LogP contribution in [-0.4, -0.2) is 18.0 Å². The number of nitrogens with zero attached hydrogens (tertiary/aromatic N) is 1. The number of hydrazone groups is 1. The summed E-state index contributed by atoms with van der Waals surface area (Å²) in [7, 11) is 0. The van der Waals surface area contributed by atoms with Gasteiger partial charge in [0.15, 0.2) is 0 Å². The number of hydrogen-bond acceptors (Lipinski definition) is 4. The topological polar surface area (TPSA) is 79.8 Å². The highest BCUT2D eigenvalue weighted by atomic mass is 35.5. The van der Waals surface area contributed by atoms with E-state index in [0.717, 1.165) is 5.56 Å². The maximum absolute atomic E-state index is 12.9. The van der Waals surface area contributed by atoms with E-state index in [1.165, 1.54) is 30.5 Å². The molecule has 32 heavy (non-hydrogen) atoms. The minimum atomic E-state index is -0.621. The largest absolute Gasteiger partial charge is 0.488 e. The zero-order valence-corrected chi connectivity index (χ0v) is 18.2. The van der Waals surface area contributed by atoms with Crippen molar-refractivity contribution in [2.45, 2.75) is 13.0 Å². The Kier molecular flexibility index (Phi) is 8.19. The number of rotatable bonds is 8. The van der Waals surface area contributed by atoms with Gasteiger partial charge in [-0.25, -0.2) is 9.82 Å². The summed E-state index contributed by atoms with van der Waals surface area (Å²) in [5.41, 5.74) is 4.08. The van der Waals surface area contributed by atoms with Crippen LogP contribution in [0.2, 0.25) is 10.0 Å². The van der Waals surface area contributed by atoms with Gasteiger partial charge in [-0.05, 0) is 60.2 Å². The Morgan fingerprint density at radius 3 is 2.47 bits per heavy atom. The van der Waals surface area contributed by atoms with E-state index in [1.54, 1.807) is 30.3 Å². The average molecular weight is 474 g/mol. The third-order valence-electron chi connectivity index (χ3n) is 4.10. The van der Waals surface area contributed by atoms with E-state index in [0.29, 0.717) is 27.0 Å². The van der Waals surface area contributed by atoms with E-state index in [2.05, 4.69) is 15.8 Å². The predicted octanol–water partition coefficient (Wildman–Crippen LogP) is 5.19. The van der Waals surface area contributed by atoms with Crippen LogP contribution in [0, 0.1) is 5.82 Å². The third kappa shape index (κ3) is 7.37. The molecule has 0 saturated heterocycles. The molecule has 164 valence electrons. The van der Waals surface area contributed by atoms with Gasteiger partial charge >= 0.3 is 0 Å². The molecule has 0 fully saturated rings. The van der Waals surface area contributed by atoms with Gasteiger partial charge in [0, 0.05) is 21.3 Å². The van der Waals surface area contributed by atoms with Crippen LogP contribution in [-0.2, 0) is 16.2 Å². The molecule has 3 rings (SSSR count). The fourth-order valence-electron chi connectivity index (χ4n) is 2.64. The molecule has 3 aromatic rings. The summed E-state index contributed by atoms with van der Waals surface area (Å²) in [6.07, 6.45) is 0.914. The van der Waals surface area contributed by atoms with E-state index in [9.17, 15) is 14.0 Å². The SMILES string of the molecule is O=C(CC(=O)Nc1ccc(F)cc1)NN=Cc1cc(Cl)ccc1OCc1cccc(Cl)c1. The summed E-state index contributed by atoms with van der Waals surface area (Å²) >= 11 is 12.0. The molecule has 0 aliphatic carbocycles. The lowest BCUT2D eigenvalue weighted by atomic mass is 10.2. The molecule has 6 nitrogen and oxygen atoms in total. The quantitative estimate of drug-likeness (QED) is 0.268. The molecule has 0 radical (unpaired) electrons.